The molecule has 0 aromatic heterocycles. The molecule has 0 aliphatic carbocycles. The molecule has 3 N–H and O–H groups in total. The van der Waals surface area contributed by atoms with Crippen LogP contribution in [0.2, 0.25) is 0 Å². The van der Waals surface area contributed by atoms with E-state index in [1.54, 1.807) is 6.07 Å². The summed E-state index contributed by atoms with van der Waals surface area (Å²) in [4.78, 5) is 12.1. The zero-order chi connectivity index (χ0) is 13.9. The van der Waals surface area contributed by atoms with E-state index in [-0.39, 0.29) is 24.1 Å². The normalized spacial score (nSPS) is 16.9. The number of nitrogens with two attached hydrogens (primary N) is 1. The van der Waals surface area contributed by atoms with Crippen LogP contribution in [-0.2, 0) is 9.53 Å². The SMILES string of the molecule is COc1ccc(NC(=O)C2(N)CCOCC2)cc1F.Cl. The molecule has 5 nitrogen and oxygen atoms in total. The van der Waals surface area contributed by atoms with E-state index in [1.165, 1.54) is 19.2 Å². The molecule has 0 unspecified atom stereocenters. The highest BCUT2D eigenvalue weighted by atomic mass is 35.5. The largest absolute Gasteiger partial charge is 0.494 e. The van der Waals surface area contributed by atoms with Crippen molar-refractivity contribution in [2.75, 3.05) is 25.6 Å². The van der Waals surface area contributed by atoms with E-state index < -0.39 is 11.4 Å². The Hall–Kier alpha value is -1.37. The first kappa shape index (κ1) is 16.7. The number of hydrogen-bond acceptors (Lipinski definition) is 4. The van der Waals surface area contributed by atoms with Gasteiger partial charge in [0.05, 0.1) is 7.11 Å². The van der Waals surface area contributed by atoms with E-state index >= 15 is 0 Å². The van der Waals surface area contributed by atoms with Crippen LogP contribution in [0.4, 0.5) is 10.1 Å². The van der Waals surface area contributed by atoms with Crippen LogP contribution in [0.25, 0.3) is 0 Å². The van der Waals surface area contributed by atoms with Gasteiger partial charge in [0.25, 0.3) is 0 Å². The van der Waals surface area contributed by atoms with Crippen molar-refractivity contribution in [3.63, 3.8) is 0 Å². The first-order valence-corrected chi connectivity index (χ1v) is 6.07. The maximum atomic E-state index is 13.5. The average Bonchev–Trinajstić information content (AvgIpc) is 2.40. The molecule has 0 saturated carbocycles. The number of anilines is 1. The van der Waals surface area contributed by atoms with Gasteiger partial charge in [0.15, 0.2) is 11.6 Å². The maximum absolute atomic E-state index is 13.5. The molecule has 20 heavy (non-hydrogen) atoms. The van der Waals surface area contributed by atoms with Gasteiger partial charge in [-0.25, -0.2) is 4.39 Å². The Morgan fingerprint density at radius 3 is 2.65 bits per heavy atom. The fourth-order valence-electron chi connectivity index (χ4n) is 1.96. The first-order valence-electron chi connectivity index (χ1n) is 6.07. The summed E-state index contributed by atoms with van der Waals surface area (Å²) in [7, 11) is 1.38. The van der Waals surface area contributed by atoms with Crippen molar-refractivity contribution < 1.29 is 18.7 Å². The number of benzene rings is 1. The second-order valence-corrected chi connectivity index (χ2v) is 4.57. The van der Waals surface area contributed by atoms with Crippen molar-refractivity contribution in [3.8, 4) is 5.75 Å². The lowest BCUT2D eigenvalue weighted by Crippen LogP contribution is -2.54. The summed E-state index contributed by atoms with van der Waals surface area (Å²) in [6, 6.07) is 4.24. The predicted molar refractivity (Wildman–Crippen MR) is 75.8 cm³/mol. The lowest BCUT2D eigenvalue weighted by atomic mass is 9.90. The Morgan fingerprint density at radius 1 is 1.45 bits per heavy atom. The Kier molecular flexibility index (Phi) is 5.74. The number of methoxy groups -OCH3 is 1. The second-order valence-electron chi connectivity index (χ2n) is 4.57. The standard InChI is InChI=1S/C13H17FN2O3.ClH/c1-18-11-3-2-9(8-10(11)14)16-12(17)13(15)4-6-19-7-5-13;/h2-3,8H,4-7,15H2,1H3,(H,16,17);1H. The molecule has 0 bridgehead atoms. The molecule has 1 amide bonds. The third kappa shape index (κ3) is 3.59. The molecule has 1 heterocycles. The van der Waals surface area contributed by atoms with E-state index in [9.17, 15) is 9.18 Å². The number of amides is 1. The van der Waals surface area contributed by atoms with Crippen LogP contribution in [0.15, 0.2) is 18.2 Å². The second kappa shape index (κ2) is 6.88. The molecule has 0 radical (unpaired) electrons. The van der Waals surface area contributed by atoms with Gasteiger partial charge in [-0.1, -0.05) is 0 Å². The van der Waals surface area contributed by atoms with E-state index in [0.29, 0.717) is 31.7 Å². The lowest BCUT2D eigenvalue weighted by molar-refractivity contribution is -0.124. The number of carbonyl (C=O) groups excluding carboxylic acids is 1. The summed E-state index contributed by atoms with van der Waals surface area (Å²) in [5, 5.41) is 2.63. The van der Waals surface area contributed by atoms with Crippen molar-refractivity contribution in [2.45, 2.75) is 18.4 Å². The fraction of sp³-hybridized carbons (Fsp3) is 0.462. The van der Waals surface area contributed by atoms with Crippen LogP contribution in [0, 0.1) is 5.82 Å². The smallest absolute Gasteiger partial charge is 0.244 e. The monoisotopic (exact) mass is 304 g/mol. The summed E-state index contributed by atoms with van der Waals surface area (Å²) in [5.41, 5.74) is 5.45. The predicted octanol–water partition coefficient (Wildman–Crippen LogP) is 1.70. The average molecular weight is 305 g/mol. The topological polar surface area (TPSA) is 73.6 Å². The third-order valence-corrected chi connectivity index (χ3v) is 3.25. The van der Waals surface area contributed by atoms with Gasteiger partial charge in [0.1, 0.15) is 5.54 Å². The number of halogens is 2. The lowest BCUT2D eigenvalue weighted by Gasteiger charge is -2.31. The molecule has 1 aliphatic rings. The quantitative estimate of drug-likeness (QED) is 0.891. The number of rotatable bonds is 3. The van der Waals surface area contributed by atoms with Gasteiger partial charge in [-0.15, -0.1) is 12.4 Å². The Balaban J connectivity index is 0.00000200. The maximum Gasteiger partial charge on any atom is 0.244 e. The van der Waals surface area contributed by atoms with Crippen LogP contribution < -0.4 is 15.8 Å². The molecule has 1 aromatic rings. The zero-order valence-electron chi connectivity index (χ0n) is 11.1. The molecule has 1 aliphatic heterocycles. The molecule has 1 saturated heterocycles. The van der Waals surface area contributed by atoms with Gasteiger partial charge in [-0.2, -0.15) is 0 Å². The third-order valence-electron chi connectivity index (χ3n) is 3.25. The van der Waals surface area contributed by atoms with Crippen LogP contribution in [0.1, 0.15) is 12.8 Å². The Morgan fingerprint density at radius 2 is 2.10 bits per heavy atom. The van der Waals surface area contributed by atoms with Gasteiger partial charge < -0.3 is 20.5 Å². The minimum atomic E-state index is -0.950. The molecule has 1 aromatic carbocycles. The van der Waals surface area contributed by atoms with E-state index in [1.807, 2.05) is 0 Å². The Bertz CT molecular complexity index is 479. The van der Waals surface area contributed by atoms with Crippen molar-refractivity contribution >= 4 is 24.0 Å². The molecule has 1 fully saturated rings. The van der Waals surface area contributed by atoms with E-state index in [0.717, 1.165) is 0 Å². The van der Waals surface area contributed by atoms with Gasteiger partial charge in [-0.05, 0) is 25.0 Å². The van der Waals surface area contributed by atoms with Crippen molar-refractivity contribution in [2.24, 2.45) is 5.73 Å². The number of hydrogen-bond donors (Lipinski definition) is 2. The minimum absolute atomic E-state index is 0. The number of carbonyl (C=O) groups is 1. The number of ether oxygens (including phenoxy) is 2. The van der Waals surface area contributed by atoms with Gasteiger partial charge in [0, 0.05) is 25.0 Å². The van der Waals surface area contributed by atoms with Crippen molar-refractivity contribution in [1.82, 2.24) is 0 Å². The highest BCUT2D eigenvalue weighted by molar-refractivity contribution is 5.98. The van der Waals surface area contributed by atoms with Gasteiger partial charge in [0.2, 0.25) is 5.91 Å². The van der Waals surface area contributed by atoms with E-state index in [2.05, 4.69) is 5.32 Å². The minimum Gasteiger partial charge on any atom is -0.494 e. The molecule has 0 atom stereocenters. The van der Waals surface area contributed by atoms with Crippen molar-refractivity contribution in [3.05, 3.63) is 24.0 Å². The summed E-state index contributed by atoms with van der Waals surface area (Å²) in [5.74, 6) is -0.717. The molecule has 7 heteroatoms. The molecule has 0 spiro atoms. The van der Waals surface area contributed by atoms with E-state index in [4.69, 9.17) is 15.2 Å². The van der Waals surface area contributed by atoms with Crippen LogP contribution >= 0.6 is 12.4 Å². The fourth-order valence-corrected chi connectivity index (χ4v) is 1.96. The summed E-state index contributed by atoms with van der Waals surface area (Å²) in [6.45, 7) is 0.918. The zero-order valence-corrected chi connectivity index (χ0v) is 12.0. The highest BCUT2D eigenvalue weighted by Gasteiger charge is 2.35. The molecular formula is C13H18ClFN2O3. The summed E-state index contributed by atoms with van der Waals surface area (Å²) >= 11 is 0. The Labute approximate surface area is 123 Å². The summed E-state index contributed by atoms with van der Waals surface area (Å²) < 4.78 is 23.5. The van der Waals surface area contributed by atoms with Crippen LogP contribution in [0.3, 0.4) is 0 Å². The van der Waals surface area contributed by atoms with Crippen molar-refractivity contribution in [1.29, 1.82) is 0 Å². The number of nitrogens with one attached hydrogen (secondary N) is 1. The van der Waals surface area contributed by atoms with Gasteiger partial charge in [-0.3, -0.25) is 4.79 Å². The molecular weight excluding hydrogens is 287 g/mol. The first-order chi connectivity index (χ1) is 9.05. The van der Waals surface area contributed by atoms with Gasteiger partial charge >= 0.3 is 0 Å². The highest BCUT2D eigenvalue weighted by Crippen LogP contribution is 2.23. The summed E-state index contributed by atoms with van der Waals surface area (Å²) in [6.07, 6.45) is 0.912. The molecule has 112 valence electrons. The van der Waals surface area contributed by atoms with Crippen LogP contribution in [-0.4, -0.2) is 31.8 Å². The van der Waals surface area contributed by atoms with Crippen LogP contribution in [0.5, 0.6) is 5.75 Å². The molecule has 2 rings (SSSR count).